The Kier molecular flexibility index (Phi) is 6.56. The second-order valence-electron chi connectivity index (χ2n) is 6.29. The molecule has 0 saturated heterocycles. The maximum atomic E-state index is 12.3. The number of allylic oxidation sites excluding steroid dienone is 2. The van der Waals surface area contributed by atoms with Gasteiger partial charge in [0, 0.05) is 10.7 Å². The SMILES string of the molecule is Cc1ccc(Cl)cc1NC(=O)/C(C#N)=C/C=C/c1cn(Cc2ccccc2)nn1. The van der Waals surface area contributed by atoms with Crippen molar-refractivity contribution >= 4 is 29.3 Å². The van der Waals surface area contributed by atoms with Crippen LogP contribution in [0.15, 0.2) is 72.5 Å². The smallest absolute Gasteiger partial charge is 0.266 e. The van der Waals surface area contributed by atoms with Crippen LogP contribution in [0.4, 0.5) is 5.69 Å². The van der Waals surface area contributed by atoms with Gasteiger partial charge in [-0.15, -0.1) is 5.10 Å². The van der Waals surface area contributed by atoms with Gasteiger partial charge in [0.25, 0.3) is 5.91 Å². The lowest BCUT2D eigenvalue weighted by Crippen LogP contribution is -2.14. The highest BCUT2D eigenvalue weighted by Gasteiger charge is 2.10. The first-order valence-electron chi connectivity index (χ1n) is 8.85. The molecule has 29 heavy (non-hydrogen) atoms. The van der Waals surface area contributed by atoms with Gasteiger partial charge in [-0.25, -0.2) is 4.68 Å². The van der Waals surface area contributed by atoms with Crippen LogP contribution >= 0.6 is 11.6 Å². The molecule has 0 fully saturated rings. The number of aryl methyl sites for hydroxylation is 1. The highest BCUT2D eigenvalue weighted by Crippen LogP contribution is 2.20. The number of hydrogen-bond acceptors (Lipinski definition) is 4. The Labute approximate surface area is 173 Å². The Morgan fingerprint density at radius 1 is 1.28 bits per heavy atom. The van der Waals surface area contributed by atoms with Crippen LogP contribution in [0.25, 0.3) is 6.08 Å². The lowest BCUT2D eigenvalue weighted by atomic mass is 10.2. The van der Waals surface area contributed by atoms with Crippen LogP contribution in [0, 0.1) is 18.3 Å². The van der Waals surface area contributed by atoms with Crippen molar-refractivity contribution in [3.63, 3.8) is 0 Å². The molecule has 3 aromatic rings. The molecule has 0 saturated carbocycles. The van der Waals surface area contributed by atoms with E-state index in [2.05, 4.69) is 15.6 Å². The Morgan fingerprint density at radius 2 is 2.07 bits per heavy atom. The van der Waals surface area contributed by atoms with E-state index in [1.165, 1.54) is 6.08 Å². The van der Waals surface area contributed by atoms with Crippen molar-refractivity contribution in [3.05, 3.63) is 94.3 Å². The number of nitrogens with zero attached hydrogens (tertiary/aromatic N) is 4. The third-order valence-corrected chi connectivity index (χ3v) is 4.32. The predicted molar refractivity (Wildman–Crippen MR) is 113 cm³/mol. The van der Waals surface area contributed by atoms with Gasteiger partial charge in [0.2, 0.25) is 0 Å². The second-order valence-corrected chi connectivity index (χ2v) is 6.73. The molecule has 1 heterocycles. The molecule has 0 aliphatic heterocycles. The molecule has 6 nitrogen and oxygen atoms in total. The third-order valence-electron chi connectivity index (χ3n) is 4.09. The van der Waals surface area contributed by atoms with E-state index in [1.807, 2.05) is 43.3 Å². The van der Waals surface area contributed by atoms with Gasteiger partial charge in [-0.05, 0) is 42.3 Å². The van der Waals surface area contributed by atoms with Crippen LogP contribution in [0.3, 0.4) is 0 Å². The van der Waals surface area contributed by atoms with Crippen molar-refractivity contribution < 1.29 is 4.79 Å². The summed E-state index contributed by atoms with van der Waals surface area (Å²) in [6.07, 6.45) is 6.51. The van der Waals surface area contributed by atoms with E-state index in [0.717, 1.165) is 11.1 Å². The number of amides is 1. The van der Waals surface area contributed by atoms with E-state index in [4.69, 9.17) is 11.6 Å². The first kappa shape index (κ1) is 20.1. The molecule has 0 unspecified atom stereocenters. The van der Waals surface area contributed by atoms with E-state index < -0.39 is 5.91 Å². The van der Waals surface area contributed by atoms with Gasteiger partial charge in [-0.3, -0.25) is 4.79 Å². The van der Waals surface area contributed by atoms with E-state index in [1.54, 1.807) is 41.2 Å². The number of nitrogens with one attached hydrogen (secondary N) is 1. The lowest BCUT2D eigenvalue weighted by Gasteiger charge is -2.07. The van der Waals surface area contributed by atoms with Crippen molar-refractivity contribution in [2.75, 3.05) is 5.32 Å². The lowest BCUT2D eigenvalue weighted by molar-refractivity contribution is -0.112. The van der Waals surface area contributed by atoms with Crippen LogP contribution in [0.5, 0.6) is 0 Å². The van der Waals surface area contributed by atoms with Crippen molar-refractivity contribution in [3.8, 4) is 6.07 Å². The van der Waals surface area contributed by atoms with Gasteiger partial charge in [0.1, 0.15) is 17.3 Å². The van der Waals surface area contributed by atoms with E-state index in [0.29, 0.717) is 22.9 Å². The number of aromatic nitrogens is 3. The summed E-state index contributed by atoms with van der Waals surface area (Å²) < 4.78 is 1.72. The van der Waals surface area contributed by atoms with Gasteiger partial charge >= 0.3 is 0 Å². The average Bonchev–Trinajstić information content (AvgIpc) is 3.16. The quantitative estimate of drug-likeness (QED) is 0.376. The summed E-state index contributed by atoms with van der Waals surface area (Å²) in [5, 5.41) is 20.6. The molecule has 0 aliphatic carbocycles. The van der Waals surface area contributed by atoms with Crippen molar-refractivity contribution in [1.82, 2.24) is 15.0 Å². The average molecular weight is 404 g/mol. The van der Waals surface area contributed by atoms with Gasteiger partial charge in [0.15, 0.2) is 0 Å². The van der Waals surface area contributed by atoms with Crippen LogP contribution in [0.1, 0.15) is 16.8 Å². The number of carbonyl (C=O) groups excluding carboxylic acids is 1. The number of halogens is 1. The maximum absolute atomic E-state index is 12.3. The molecule has 2 aromatic carbocycles. The van der Waals surface area contributed by atoms with Crippen molar-refractivity contribution in [2.45, 2.75) is 13.5 Å². The normalized spacial score (nSPS) is 11.4. The molecule has 1 aromatic heterocycles. The molecule has 7 heteroatoms. The highest BCUT2D eigenvalue weighted by atomic mass is 35.5. The van der Waals surface area contributed by atoms with Crippen LogP contribution < -0.4 is 5.32 Å². The number of anilines is 1. The van der Waals surface area contributed by atoms with Crippen molar-refractivity contribution in [1.29, 1.82) is 5.26 Å². The van der Waals surface area contributed by atoms with Crippen LogP contribution in [0.2, 0.25) is 5.02 Å². The maximum Gasteiger partial charge on any atom is 0.266 e. The molecular weight excluding hydrogens is 386 g/mol. The standard InChI is InChI=1S/C22H18ClN5O/c1-16-10-11-19(23)12-21(16)25-22(29)18(13-24)8-5-9-20-15-28(27-26-20)14-17-6-3-2-4-7-17/h2-12,15H,14H2,1H3,(H,25,29)/b9-5+,18-8+. The topological polar surface area (TPSA) is 83.6 Å². The summed E-state index contributed by atoms with van der Waals surface area (Å²) in [5.74, 6) is -0.504. The van der Waals surface area contributed by atoms with Crippen LogP contribution in [-0.2, 0) is 11.3 Å². The molecule has 1 N–H and O–H groups in total. The number of carbonyl (C=O) groups is 1. The minimum Gasteiger partial charge on any atom is -0.321 e. The molecule has 0 spiro atoms. The first-order chi connectivity index (χ1) is 14.0. The molecule has 0 bridgehead atoms. The zero-order chi connectivity index (χ0) is 20.6. The molecule has 1 amide bonds. The summed E-state index contributed by atoms with van der Waals surface area (Å²) in [6, 6.07) is 17.0. The Bertz CT molecular complexity index is 1110. The fourth-order valence-electron chi connectivity index (χ4n) is 2.56. The van der Waals surface area contributed by atoms with Crippen LogP contribution in [-0.4, -0.2) is 20.9 Å². The van der Waals surface area contributed by atoms with E-state index >= 15 is 0 Å². The molecule has 0 radical (unpaired) electrons. The van der Waals surface area contributed by atoms with Gasteiger partial charge < -0.3 is 5.32 Å². The molecule has 144 valence electrons. The fraction of sp³-hybridized carbons (Fsp3) is 0.0909. The number of benzene rings is 2. The van der Waals surface area contributed by atoms with Gasteiger partial charge in [0.05, 0.1) is 12.7 Å². The molecule has 0 atom stereocenters. The van der Waals surface area contributed by atoms with E-state index in [-0.39, 0.29) is 5.57 Å². The Balaban J connectivity index is 1.65. The number of hydrogen-bond donors (Lipinski definition) is 1. The zero-order valence-electron chi connectivity index (χ0n) is 15.7. The highest BCUT2D eigenvalue weighted by molar-refractivity contribution is 6.31. The van der Waals surface area contributed by atoms with E-state index in [9.17, 15) is 10.1 Å². The van der Waals surface area contributed by atoms with Gasteiger partial charge in [-0.1, -0.05) is 59.3 Å². The Hall–Kier alpha value is -3.69. The first-order valence-corrected chi connectivity index (χ1v) is 9.23. The minimum atomic E-state index is -0.504. The monoisotopic (exact) mass is 403 g/mol. The molecule has 0 aliphatic rings. The summed E-state index contributed by atoms with van der Waals surface area (Å²) >= 11 is 5.96. The largest absolute Gasteiger partial charge is 0.321 e. The summed E-state index contributed by atoms with van der Waals surface area (Å²) in [6.45, 7) is 2.46. The predicted octanol–water partition coefficient (Wildman–Crippen LogP) is 4.39. The second kappa shape index (κ2) is 9.49. The number of rotatable bonds is 6. The number of nitriles is 1. The third kappa shape index (κ3) is 5.64. The molecular formula is C22H18ClN5O. The summed E-state index contributed by atoms with van der Waals surface area (Å²) in [4.78, 5) is 12.3. The minimum absolute atomic E-state index is 0.0303. The Morgan fingerprint density at radius 3 is 2.83 bits per heavy atom. The fourth-order valence-corrected chi connectivity index (χ4v) is 2.73. The molecule has 3 rings (SSSR count). The summed E-state index contributed by atoms with van der Waals surface area (Å²) in [7, 11) is 0. The zero-order valence-corrected chi connectivity index (χ0v) is 16.5. The van der Waals surface area contributed by atoms with Crippen molar-refractivity contribution in [2.24, 2.45) is 0 Å². The van der Waals surface area contributed by atoms with Gasteiger partial charge in [-0.2, -0.15) is 5.26 Å². The summed E-state index contributed by atoms with van der Waals surface area (Å²) in [5.41, 5.74) is 3.13.